The molecule has 61 heavy (non-hydrogen) atoms. The summed E-state index contributed by atoms with van der Waals surface area (Å²) in [5, 5.41) is 24.2. The maximum Gasteiger partial charge on any atom is 0.407 e. The molecular formula is C41H54N11O9+. The van der Waals surface area contributed by atoms with E-state index in [1.54, 1.807) is 33.5 Å². The van der Waals surface area contributed by atoms with E-state index in [-0.39, 0.29) is 54.3 Å². The number of allylic oxidation sites excluding steroid dienone is 1. The Bertz CT molecular complexity index is 2330. The molecule has 326 valence electrons. The number of primary amides is 2. The predicted octanol–water partition coefficient (Wildman–Crippen LogP) is 3.94. The van der Waals surface area contributed by atoms with E-state index in [9.17, 15) is 29.3 Å². The zero-order valence-electron chi connectivity index (χ0n) is 35.2. The maximum absolute atomic E-state index is 13.5. The van der Waals surface area contributed by atoms with Crippen LogP contribution in [0.1, 0.15) is 77.4 Å². The number of H-pyrrole nitrogens is 1. The normalized spacial score (nSPS) is 13.7. The molecule has 20 nitrogen and oxygen atoms in total. The van der Waals surface area contributed by atoms with Gasteiger partial charge >= 0.3 is 12.0 Å². The van der Waals surface area contributed by atoms with Crippen LogP contribution in [0.15, 0.2) is 54.6 Å². The van der Waals surface area contributed by atoms with E-state index in [1.165, 1.54) is 25.3 Å². The Morgan fingerprint density at radius 1 is 1.00 bits per heavy atom. The number of fused-ring (bicyclic) bond motifs is 1. The molecule has 8 N–H and O–H groups in total. The fraction of sp³-hybridized carbons (Fsp3) is 0.415. The van der Waals surface area contributed by atoms with E-state index in [4.69, 9.17) is 25.7 Å². The number of aromatic amines is 1. The van der Waals surface area contributed by atoms with E-state index < -0.39 is 40.0 Å². The molecule has 2 aromatic heterocycles. The number of nitro benzene ring substituents is 1. The van der Waals surface area contributed by atoms with Gasteiger partial charge in [-0.15, -0.1) is 4.68 Å². The maximum atomic E-state index is 13.5. The highest BCUT2D eigenvalue weighted by Gasteiger charge is 2.27. The molecule has 0 saturated carbocycles. The van der Waals surface area contributed by atoms with Crippen molar-refractivity contribution < 1.29 is 43.0 Å². The minimum absolute atomic E-state index is 0.0259. The van der Waals surface area contributed by atoms with Crippen LogP contribution in [-0.2, 0) is 17.8 Å². The Balaban J connectivity index is 1.28. The van der Waals surface area contributed by atoms with Gasteiger partial charge in [-0.1, -0.05) is 24.3 Å². The number of carbonyl (C=O) groups excluding carboxylic acids is 4. The summed E-state index contributed by atoms with van der Waals surface area (Å²) in [4.78, 5) is 68.3. The zero-order valence-corrected chi connectivity index (χ0v) is 35.2. The molecule has 1 aliphatic heterocycles. The topological polar surface area (TPSA) is 268 Å². The number of hydrogen-bond acceptors (Lipinski definition) is 12. The summed E-state index contributed by atoms with van der Waals surface area (Å²) >= 11 is 0. The Kier molecular flexibility index (Phi) is 14.7. The van der Waals surface area contributed by atoms with Crippen LogP contribution in [0.5, 0.6) is 11.5 Å². The first kappa shape index (κ1) is 45.1. The fourth-order valence-corrected chi connectivity index (χ4v) is 6.76. The summed E-state index contributed by atoms with van der Waals surface area (Å²) in [5.41, 5.74) is 12.2. The Morgan fingerprint density at radius 2 is 1.67 bits per heavy atom. The van der Waals surface area contributed by atoms with Crippen LogP contribution in [0.2, 0.25) is 0 Å². The van der Waals surface area contributed by atoms with Crippen molar-refractivity contribution in [3.05, 3.63) is 87.3 Å². The Hall–Kier alpha value is -6.96. The number of alkyl carbamates (subject to hydrolysis) is 1. The van der Waals surface area contributed by atoms with Crippen LogP contribution in [0.25, 0.3) is 11.0 Å². The van der Waals surface area contributed by atoms with Crippen LogP contribution >= 0.6 is 0 Å². The highest BCUT2D eigenvalue weighted by atomic mass is 16.6. The second-order valence-electron chi connectivity index (χ2n) is 15.3. The van der Waals surface area contributed by atoms with Crippen molar-refractivity contribution in [2.45, 2.75) is 72.2 Å². The number of hydrogen-bond donors (Lipinski definition) is 6. The van der Waals surface area contributed by atoms with Crippen LogP contribution in [0, 0.1) is 17.0 Å². The summed E-state index contributed by atoms with van der Waals surface area (Å²) in [6.07, 6.45) is 8.28. The first-order chi connectivity index (χ1) is 29.0. The van der Waals surface area contributed by atoms with E-state index in [0.29, 0.717) is 35.6 Å². The molecule has 4 aromatic rings. The van der Waals surface area contributed by atoms with Crippen LogP contribution in [0.4, 0.5) is 22.1 Å². The fourth-order valence-electron chi connectivity index (χ4n) is 6.76. The molecule has 0 atom stereocenters. The second kappa shape index (κ2) is 19.9. The lowest BCUT2D eigenvalue weighted by Gasteiger charge is -2.32. The number of carbonyl (C=O) groups is 4. The molecule has 4 amide bonds. The van der Waals surface area contributed by atoms with Gasteiger partial charge < -0.3 is 40.9 Å². The number of nitrogens with two attached hydrogens (primary N) is 2. The molecule has 20 heteroatoms. The smallest absolute Gasteiger partial charge is 0.407 e. The van der Waals surface area contributed by atoms with E-state index in [1.807, 2.05) is 40.7 Å². The number of aryl methyl sites for hydroxylation is 2. The van der Waals surface area contributed by atoms with Crippen molar-refractivity contribution in [3.8, 4) is 11.5 Å². The lowest BCUT2D eigenvalue weighted by Crippen LogP contribution is -2.46. The third-order valence-electron chi connectivity index (χ3n) is 9.63. The summed E-state index contributed by atoms with van der Waals surface area (Å²) < 4.78 is 20.3. The number of rotatable bonds is 18. The number of piperidine rings is 1. The van der Waals surface area contributed by atoms with E-state index in [2.05, 4.69) is 30.9 Å². The number of methoxy groups -OCH3 is 1. The number of amides is 4. The molecule has 1 fully saturated rings. The molecule has 0 unspecified atom stereocenters. The molecule has 0 spiro atoms. The monoisotopic (exact) mass is 844 g/mol. The van der Waals surface area contributed by atoms with Gasteiger partial charge in [0.25, 0.3) is 11.4 Å². The zero-order chi connectivity index (χ0) is 44.4. The third kappa shape index (κ3) is 11.8. The average Bonchev–Trinajstić information content (AvgIpc) is 3.76. The molecule has 1 aliphatic rings. The van der Waals surface area contributed by atoms with Crippen molar-refractivity contribution in [2.75, 3.05) is 50.5 Å². The lowest BCUT2D eigenvalue weighted by molar-refractivity contribution is -0.748. The molecule has 0 bridgehead atoms. The number of nitrogens with zero attached hydrogens (tertiary/aromatic N) is 5. The molecular weight excluding hydrogens is 791 g/mol. The molecule has 0 radical (unpaired) electrons. The number of anilines is 2. The van der Waals surface area contributed by atoms with Gasteiger partial charge in [0.15, 0.2) is 18.0 Å². The summed E-state index contributed by atoms with van der Waals surface area (Å²) in [7, 11) is 1.44. The average molecular weight is 845 g/mol. The van der Waals surface area contributed by atoms with E-state index in [0.717, 1.165) is 37.7 Å². The number of imidazole rings is 1. The first-order valence-electron chi connectivity index (χ1n) is 19.8. The highest BCUT2D eigenvalue weighted by molar-refractivity contribution is 6.03. The van der Waals surface area contributed by atoms with E-state index >= 15 is 0 Å². The van der Waals surface area contributed by atoms with Gasteiger partial charge in [0, 0.05) is 62.0 Å². The summed E-state index contributed by atoms with van der Waals surface area (Å²) in [6, 6.07) is 7.18. The largest absolute Gasteiger partial charge is 0.494 e. The van der Waals surface area contributed by atoms with Gasteiger partial charge in [0.2, 0.25) is 17.8 Å². The molecule has 3 heterocycles. The summed E-state index contributed by atoms with van der Waals surface area (Å²) in [5.74, 6) is -1.45. The molecule has 5 rings (SSSR count). The minimum atomic E-state index is -0.857. The highest BCUT2D eigenvalue weighted by Crippen LogP contribution is 2.36. The molecule has 1 saturated heterocycles. The third-order valence-corrected chi connectivity index (χ3v) is 9.63. The quantitative estimate of drug-likeness (QED) is 0.0360. The Morgan fingerprint density at radius 3 is 2.31 bits per heavy atom. The molecule has 0 aliphatic carbocycles. The van der Waals surface area contributed by atoms with Gasteiger partial charge in [0.1, 0.15) is 23.5 Å². The van der Waals surface area contributed by atoms with Crippen molar-refractivity contribution in [2.24, 2.45) is 11.5 Å². The van der Waals surface area contributed by atoms with Crippen LogP contribution in [-0.4, -0.2) is 99.8 Å². The number of nitrogens with one attached hydrogen (secondary N) is 4. The van der Waals surface area contributed by atoms with Gasteiger partial charge in [-0.05, 0) is 65.7 Å². The number of likely N-dealkylation sites (tertiary alicyclic amines) is 1. The van der Waals surface area contributed by atoms with Crippen LogP contribution in [0.3, 0.4) is 0 Å². The van der Waals surface area contributed by atoms with Gasteiger partial charge in [-0.2, -0.15) is 5.10 Å². The number of aromatic nitrogens is 4. The minimum Gasteiger partial charge on any atom is -0.494 e. The Labute approximate surface area is 352 Å². The second-order valence-corrected chi connectivity index (χ2v) is 15.3. The number of nitro groups is 1. The lowest BCUT2D eigenvalue weighted by atomic mass is 10.1. The standard InChI is InChI=1S/C41H53N11O9/c1-7-51-31(20-25(2)48-51)38(55)47-39-46-29-21-26(36(42)53)24-33(59-6)35(29)50(39)16-9-8-14-44-34-30(52(57)58)22-27(37(43)54)23-32(34)60-19-11-10-15-49-17-12-28(13-18-49)45-40(56)61-41(3,4)5/h8-11,20-24,28H,7,12-19H2,1-6H3,(H7,42,43,44,45,46,47,53,54,55,56)/p+1/b9-8+,11-10+. The number of benzene rings is 2. The van der Waals surface area contributed by atoms with Gasteiger partial charge in [-0.25, -0.2) is 9.78 Å². The SMILES string of the molecule is CC[n+]1[nH]c(C)cc1C(=O)Nc1nc2cc(C(N)=O)cc(OC)c2n1C/C=C/CNc1c(OC/C=C/CN2CCC(NC(=O)OC(C)(C)C)CC2)cc(C(N)=O)cc1[N+](=O)[O-]. The van der Waals surface area contributed by atoms with Crippen molar-refractivity contribution >= 4 is 52.2 Å². The van der Waals surface area contributed by atoms with Crippen LogP contribution < -0.4 is 41.6 Å². The first-order valence-corrected chi connectivity index (χ1v) is 19.8. The summed E-state index contributed by atoms with van der Waals surface area (Å²) in [6.45, 7) is 12.1. The van der Waals surface area contributed by atoms with Gasteiger partial charge in [-0.3, -0.25) is 34.7 Å². The predicted molar refractivity (Wildman–Crippen MR) is 227 cm³/mol. The van der Waals surface area contributed by atoms with Gasteiger partial charge in [0.05, 0.1) is 23.2 Å². The van der Waals surface area contributed by atoms with Crippen molar-refractivity contribution in [1.82, 2.24) is 24.9 Å². The van der Waals surface area contributed by atoms with Crippen molar-refractivity contribution in [3.63, 3.8) is 0 Å². The molecule has 2 aromatic carbocycles. The van der Waals surface area contributed by atoms with Crippen molar-refractivity contribution in [1.29, 1.82) is 0 Å². The number of ether oxygens (including phenoxy) is 3.